The summed E-state index contributed by atoms with van der Waals surface area (Å²) in [6.07, 6.45) is 3.05. The van der Waals surface area contributed by atoms with Gasteiger partial charge < -0.3 is 11.1 Å². The van der Waals surface area contributed by atoms with Gasteiger partial charge >= 0.3 is 0 Å². The van der Waals surface area contributed by atoms with Gasteiger partial charge in [-0.25, -0.2) is 0 Å². The Balaban J connectivity index is 2.26. The monoisotopic (exact) mass is 319 g/mol. The lowest BCUT2D eigenvalue weighted by Gasteiger charge is -2.07. The van der Waals surface area contributed by atoms with Crippen molar-refractivity contribution in [1.29, 1.82) is 0 Å². The summed E-state index contributed by atoms with van der Waals surface area (Å²) in [6, 6.07) is 6.45. The number of rotatable bonds is 2. The minimum atomic E-state index is -0.308. The number of pyridine rings is 1. The van der Waals surface area contributed by atoms with Crippen LogP contribution in [-0.2, 0) is 0 Å². The van der Waals surface area contributed by atoms with E-state index in [0.717, 1.165) is 0 Å². The van der Waals surface area contributed by atoms with E-state index in [9.17, 15) is 4.79 Å². The van der Waals surface area contributed by atoms with Crippen LogP contribution in [0.3, 0.4) is 0 Å². The van der Waals surface area contributed by atoms with Crippen LogP contribution in [0.1, 0.15) is 15.9 Å². The first-order valence-corrected chi connectivity index (χ1v) is 6.76. The van der Waals surface area contributed by atoms with Crippen LogP contribution in [0.25, 0.3) is 0 Å². The zero-order valence-electron chi connectivity index (χ0n) is 10.9. The van der Waals surface area contributed by atoms with Gasteiger partial charge in [0.15, 0.2) is 0 Å². The van der Waals surface area contributed by atoms with Crippen LogP contribution in [0.15, 0.2) is 36.7 Å². The molecule has 0 spiro atoms. The van der Waals surface area contributed by atoms with E-state index in [2.05, 4.69) is 22.1 Å². The van der Waals surface area contributed by atoms with Gasteiger partial charge in [-0.15, -0.1) is 0 Å². The molecule has 0 aliphatic rings. The number of amides is 1. The summed E-state index contributed by atoms with van der Waals surface area (Å²) >= 11 is 11.7. The highest BCUT2D eigenvalue weighted by Crippen LogP contribution is 2.25. The summed E-state index contributed by atoms with van der Waals surface area (Å²) in [7, 11) is 0. The molecule has 3 N–H and O–H groups in total. The molecule has 0 unspecified atom stereocenters. The summed E-state index contributed by atoms with van der Waals surface area (Å²) in [4.78, 5) is 16.2. The van der Waals surface area contributed by atoms with E-state index in [1.807, 2.05) is 0 Å². The van der Waals surface area contributed by atoms with Crippen molar-refractivity contribution in [1.82, 2.24) is 4.98 Å². The van der Waals surface area contributed by atoms with Gasteiger partial charge in [0.25, 0.3) is 5.91 Å². The average Bonchev–Trinajstić information content (AvgIpc) is 2.49. The van der Waals surface area contributed by atoms with E-state index < -0.39 is 0 Å². The molecule has 0 fully saturated rings. The summed E-state index contributed by atoms with van der Waals surface area (Å²) < 4.78 is 0. The number of nitrogens with two attached hydrogens (primary N) is 1. The van der Waals surface area contributed by atoms with Crippen LogP contribution in [-0.4, -0.2) is 17.4 Å². The fourth-order valence-electron chi connectivity index (χ4n) is 1.61. The van der Waals surface area contributed by atoms with Gasteiger partial charge in [-0.05, 0) is 24.3 Å². The second-order valence-corrected chi connectivity index (χ2v) is 4.82. The fourth-order valence-corrected chi connectivity index (χ4v) is 1.91. The van der Waals surface area contributed by atoms with Crippen molar-refractivity contribution in [3.8, 4) is 11.8 Å². The van der Waals surface area contributed by atoms with E-state index in [-0.39, 0.29) is 12.5 Å². The van der Waals surface area contributed by atoms with Crippen molar-refractivity contribution < 1.29 is 4.79 Å². The quantitative estimate of drug-likeness (QED) is 0.836. The molecule has 106 valence electrons. The van der Waals surface area contributed by atoms with E-state index in [1.165, 1.54) is 12.4 Å². The lowest BCUT2D eigenvalue weighted by Crippen LogP contribution is -2.13. The number of nitrogens with one attached hydrogen (secondary N) is 1. The molecule has 2 rings (SSSR count). The summed E-state index contributed by atoms with van der Waals surface area (Å²) in [6.45, 7) is 0.211. The number of nitrogens with zero attached hydrogens (tertiary/aromatic N) is 1. The molecule has 2 aromatic rings. The molecule has 0 aliphatic heterocycles. The summed E-state index contributed by atoms with van der Waals surface area (Å²) in [5, 5.41) is 3.53. The van der Waals surface area contributed by atoms with E-state index in [0.29, 0.717) is 26.9 Å². The van der Waals surface area contributed by atoms with Gasteiger partial charge in [-0.3, -0.25) is 9.78 Å². The molecule has 0 saturated carbocycles. The lowest BCUT2D eigenvalue weighted by atomic mass is 10.1. The fraction of sp³-hybridized carbons (Fsp3) is 0.0667. The molecule has 1 aromatic heterocycles. The van der Waals surface area contributed by atoms with Crippen LogP contribution < -0.4 is 11.1 Å². The molecule has 0 saturated heterocycles. The number of aromatic nitrogens is 1. The number of anilines is 1. The van der Waals surface area contributed by atoms with Crippen LogP contribution in [0.4, 0.5) is 5.69 Å². The first-order chi connectivity index (χ1) is 10.1. The topological polar surface area (TPSA) is 68.0 Å². The first kappa shape index (κ1) is 15.3. The molecule has 0 bridgehead atoms. The first-order valence-electron chi connectivity index (χ1n) is 6.01. The largest absolute Gasteiger partial charge is 0.322 e. The van der Waals surface area contributed by atoms with Gasteiger partial charge in [0, 0.05) is 18.1 Å². The van der Waals surface area contributed by atoms with Gasteiger partial charge in [0.05, 0.1) is 27.7 Å². The Morgan fingerprint density at radius 1 is 1.29 bits per heavy atom. The number of carbonyl (C=O) groups excluding carboxylic acids is 1. The summed E-state index contributed by atoms with van der Waals surface area (Å²) in [5.74, 6) is 5.21. The molecule has 4 nitrogen and oxygen atoms in total. The standard InChI is InChI=1S/C15H11Cl2N3O/c16-13-4-3-11(8-14(13)17)20-15(21)12-5-7-19-9-10(12)2-1-6-18/h3-5,7-9H,6,18H2,(H,20,21). The van der Waals surface area contributed by atoms with Crippen molar-refractivity contribution in [3.63, 3.8) is 0 Å². The zero-order valence-corrected chi connectivity index (χ0v) is 12.4. The Morgan fingerprint density at radius 3 is 2.81 bits per heavy atom. The number of halogens is 2. The van der Waals surface area contributed by atoms with Crippen molar-refractivity contribution >= 4 is 34.8 Å². The van der Waals surface area contributed by atoms with Gasteiger partial charge in [-0.1, -0.05) is 35.0 Å². The Bertz CT molecular complexity index is 735. The molecular weight excluding hydrogens is 309 g/mol. The summed E-state index contributed by atoms with van der Waals surface area (Å²) in [5.41, 5.74) is 6.81. The number of hydrogen-bond donors (Lipinski definition) is 2. The van der Waals surface area contributed by atoms with Crippen LogP contribution >= 0.6 is 23.2 Å². The molecule has 21 heavy (non-hydrogen) atoms. The van der Waals surface area contributed by atoms with Crippen molar-refractivity contribution in [2.75, 3.05) is 11.9 Å². The van der Waals surface area contributed by atoms with Crippen LogP contribution in [0.2, 0.25) is 10.0 Å². The molecule has 1 aromatic carbocycles. The predicted molar refractivity (Wildman–Crippen MR) is 84.6 cm³/mol. The van der Waals surface area contributed by atoms with Gasteiger partial charge in [0.1, 0.15) is 0 Å². The highest BCUT2D eigenvalue weighted by molar-refractivity contribution is 6.42. The lowest BCUT2D eigenvalue weighted by molar-refractivity contribution is 0.102. The second kappa shape index (κ2) is 7.09. The average molecular weight is 320 g/mol. The van der Waals surface area contributed by atoms with Crippen molar-refractivity contribution in [3.05, 3.63) is 57.8 Å². The predicted octanol–water partition coefficient (Wildman–Crippen LogP) is 2.95. The van der Waals surface area contributed by atoms with E-state index in [1.54, 1.807) is 24.3 Å². The molecule has 1 heterocycles. The van der Waals surface area contributed by atoms with E-state index >= 15 is 0 Å². The Labute approximate surface area is 132 Å². The Morgan fingerprint density at radius 2 is 2.10 bits per heavy atom. The molecule has 1 amide bonds. The maximum atomic E-state index is 12.3. The second-order valence-electron chi connectivity index (χ2n) is 4.01. The van der Waals surface area contributed by atoms with Crippen LogP contribution in [0, 0.1) is 11.8 Å². The maximum Gasteiger partial charge on any atom is 0.257 e. The number of carbonyl (C=O) groups is 1. The smallest absolute Gasteiger partial charge is 0.257 e. The molecular formula is C15H11Cl2N3O. The van der Waals surface area contributed by atoms with Crippen molar-refractivity contribution in [2.24, 2.45) is 5.73 Å². The number of benzene rings is 1. The molecule has 0 aliphatic carbocycles. The Hall–Kier alpha value is -2.06. The normalized spacial score (nSPS) is 9.67. The van der Waals surface area contributed by atoms with Gasteiger partial charge in [0.2, 0.25) is 0 Å². The zero-order chi connectivity index (χ0) is 15.2. The van der Waals surface area contributed by atoms with E-state index in [4.69, 9.17) is 28.9 Å². The number of hydrogen-bond acceptors (Lipinski definition) is 3. The minimum Gasteiger partial charge on any atom is -0.322 e. The third kappa shape index (κ3) is 3.96. The SMILES string of the molecule is NCC#Cc1cnccc1C(=O)Nc1ccc(Cl)c(Cl)c1. The highest BCUT2D eigenvalue weighted by atomic mass is 35.5. The Kier molecular flexibility index (Phi) is 5.18. The maximum absolute atomic E-state index is 12.3. The molecule has 0 radical (unpaired) electrons. The van der Waals surface area contributed by atoms with Gasteiger partial charge in [-0.2, -0.15) is 0 Å². The van der Waals surface area contributed by atoms with Crippen molar-refractivity contribution in [2.45, 2.75) is 0 Å². The third-order valence-corrected chi connectivity index (χ3v) is 3.31. The minimum absolute atomic E-state index is 0.211. The highest BCUT2D eigenvalue weighted by Gasteiger charge is 2.11. The third-order valence-electron chi connectivity index (χ3n) is 2.57. The van der Waals surface area contributed by atoms with Crippen LogP contribution in [0.5, 0.6) is 0 Å². The molecule has 6 heteroatoms. The molecule has 0 atom stereocenters.